The fourth-order valence-corrected chi connectivity index (χ4v) is 2.96. The first-order valence-electron chi connectivity index (χ1n) is 6.69. The fraction of sp³-hybridized carbons (Fsp3) is 0.400. The molecule has 1 N–H and O–H groups in total. The van der Waals surface area contributed by atoms with Gasteiger partial charge in [-0.25, -0.2) is 9.37 Å². The van der Waals surface area contributed by atoms with Gasteiger partial charge in [0.2, 0.25) is 0 Å². The summed E-state index contributed by atoms with van der Waals surface area (Å²) in [4.78, 5) is 4.32. The Labute approximate surface area is 116 Å². The summed E-state index contributed by atoms with van der Waals surface area (Å²) in [5.41, 5.74) is 0.797. The van der Waals surface area contributed by atoms with Crippen LogP contribution in [0.3, 0.4) is 0 Å². The molecule has 100 valence electrons. The molecule has 1 unspecified atom stereocenters. The van der Waals surface area contributed by atoms with Crippen LogP contribution >= 0.6 is 11.3 Å². The quantitative estimate of drug-likeness (QED) is 0.875. The number of thiazole rings is 1. The van der Waals surface area contributed by atoms with Crippen molar-refractivity contribution in [3.05, 3.63) is 52.2 Å². The zero-order valence-corrected chi connectivity index (χ0v) is 11.5. The molecular formula is C15H17FN2S. The molecule has 2 nitrogen and oxygen atoms in total. The molecule has 1 aromatic carbocycles. The van der Waals surface area contributed by atoms with E-state index < -0.39 is 0 Å². The summed E-state index contributed by atoms with van der Waals surface area (Å²) in [6.07, 6.45) is 5.12. The number of rotatable bonds is 6. The highest BCUT2D eigenvalue weighted by molar-refractivity contribution is 7.09. The minimum Gasteiger partial charge on any atom is -0.313 e. The Balaban J connectivity index is 1.76. The third kappa shape index (κ3) is 3.39. The van der Waals surface area contributed by atoms with E-state index in [2.05, 4.69) is 10.3 Å². The van der Waals surface area contributed by atoms with Crippen molar-refractivity contribution in [3.63, 3.8) is 0 Å². The lowest BCUT2D eigenvalue weighted by Crippen LogP contribution is -2.25. The zero-order valence-electron chi connectivity index (χ0n) is 10.7. The zero-order chi connectivity index (χ0) is 13.1. The van der Waals surface area contributed by atoms with Gasteiger partial charge in [-0.1, -0.05) is 18.2 Å². The summed E-state index contributed by atoms with van der Waals surface area (Å²) in [5, 5.41) is 6.55. The monoisotopic (exact) mass is 276 g/mol. The second-order valence-electron chi connectivity index (χ2n) is 5.03. The molecule has 0 bridgehead atoms. The average Bonchev–Trinajstić information content (AvgIpc) is 3.11. The maximum absolute atomic E-state index is 14.0. The molecule has 1 saturated carbocycles. The molecule has 4 heteroatoms. The minimum atomic E-state index is -0.110. The van der Waals surface area contributed by atoms with Crippen molar-refractivity contribution in [1.82, 2.24) is 10.3 Å². The maximum atomic E-state index is 14.0. The second kappa shape index (κ2) is 5.80. The lowest BCUT2D eigenvalue weighted by molar-refractivity contribution is 0.535. The molecule has 0 aliphatic heterocycles. The lowest BCUT2D eigenvalue weighted by Gasteiger charge is -2.17. The van der Waals surface area contributed by atoms with Crippen LogP contribution in [0.1, 0.15) is 29.3 Å². The predicted molar refractivity (Wildman–Crippen MR) is 76.0 cm³/mol. The van der Waals surface area contributed by atoms with E-state index in [1.807, 2.05) is 23.7 Å². The van der Waals surface area contributed by atoms with E-state index in [4.69, 9.17) is 0 Å². The van der Waals surface area contributed by atoms with Crippen molar-refractivity contribution in [1.29, 1.82) is 0 Å². The van der Waals surface area contributed by atoms with E-state index >= 15 is 0 Å². The minimum absolute atomic E-state index is 0.110. The molecule has 1 aromatic heterocycles. The van der Waals surface area contributed by atoms with E-state index in [-0.39, 0.29) is 11.7 Å². The van der Waals surface area contributed by atoms with Gasteiger partial charge in [0.05, 0.1) is 5.01 Å². The fourth-order valence-electron chi connectivity index (χ4n) is 2.26. The van der Waals surface area contributed by atoms with Gasteiger partial charge in [0.25, 0.3) is 0 Å². The van der Waals surface area contributed by atoms with Gasteiger partial charge in [0.15, 0.2) is 0 Å². The normalized spacial score (nSPS) is 16.5. The van der Waals surface area contributed by atoms with Crippen LogP contribution in [0.15, 0.2) is 35.8 Å². The third-order valence-electron chi connectivity index (χ3n) is 3.48. The van der Waals surface area contributed by atoms with Gasteiger partial charge in [-0.05, 0) is 24.5 Å². The van der Waals surface area contributed by atoms with Crippen LogP contribution in [0.5, 0.6) is 0 Å². The van der Waals surface area contributed by atoms with Crippen molar-refractivity contribution >= 4 is 11.3 Å². The van der Waals surface area contributed by atoms with Crippen LogP contribution in [0.4, 0.5) is 4.39 Å². The molecule has 0 amide bonds. The van der Waals surface area contributed by atoms with E-state index in [0.717, 1.165) is 23.5 Å². The number of benzene rings is 1. The number of hydrogen-bond donors (Lipinski definition) is 1. The second-order valence-corrected chi connectivity index (χ2v) is 6.01. The van der Waals surface area contributed by atoms with Gasteiger partial charge >= 0.3 is 0 Å². The summed E-state index contributed by atoms with van der Waals surface area (Å²) in [6.45, 7) is 0.825. The summed E-state index contributed by atoms with van der Waals surface area (Å²) in [6, 6.07) is 7.73. The molecule has 0 spiro atoms. The molecule has 1 heterocycles. The molecule has 1 atom stereocenters. The van der Waals surface area contributed by atoms with Gasteiger partial charge in [-0.3, -0.25) is 0 Å². The number of nitrogens with one attached hydrogen (secondary N) is 1. The van der Waals surface area contributed by atoms with Crippen molar-refractivity contribution in [2.45, 2.75) is 31.2 Å². The molecule has 1 aliphatic carbocycles. The first kappa shape index (κ1) is 12.8. The van der Waals surface area contributed by atoms with Crippen LogP contribution < -0.4 is 5.32 Å². The van der Waals surface area contributed by atoms with Gasteiger partial charge in [0.1, 0.15) is 5.82 Å². The van der Waals surface area contributed by atoms with Crippen LogP contribution in [0.2, 0.25) is 0 Å². The highest BCUT2D eigenvalue weighted by atomic mass is 32.1. The van der Waals surface area contributed by atoms with Crippen LogP contribution in [-0.2, 0) is 6.42 Å². The SMILES string of the molecule is Fc1ccccc1C(CNC1CC1)Cc1nccs1. The van der Waals surface area contributed by atoms with Gasteiger partial charge in [0, 0.05) is 36.5 Å². The van der Waals surface area contributed by atoms with Gasteiger partial charge in [-0.2, -0.15) is 0 Å². The molecule has 0 radical (unpaired) electrons. The smallest absolute Gasteiger partial charge is 0.126 e. The molecule has 19 heavy (non-hydrogen) atoms. The first-order valence-corrected chi connectivity index (χ1v) is 7.57. The van der Waals surface area contributed by atoms with E-state index in [1.165, 1.54) is 12.8 Å². The predicted octanol–water partition coefficient (Wildman–Crippen LogP) is 3.36. The van der Waals surface area contributed by atoms with E-state index in [9.17, 15) is 4.39 Å². The Hall–Kier alpha value is -1.26. The average molecular weight is 276 g/mol. The Morgan fingerprint density at radius 3 is 2.89 bits per heavy atom. The summed E-state index contributed by atoms with van der Waals surface area (Å²) >= 11 is 1.64. The number of hydrogen-bond acceptors (Lipinski definition) is 3. The molecule has 3 rings (SSSR count). The summed E-state index contributed by atoms with van der Waals surface area (Å²) in [7, 11) is 0. The summed E-state index contributed by atoms with van der Waals surface area (Å²) in [5.74, 6) is 0.0506. The largest absolute Gasteiger partial charge is 0.313 e. The Morgan fingerprint density at radius 1 is 1.37 bits per heavy atom. The number of nitrogens with zero attached hydrogens (tertiary/aromatic N) is 1. The van der Waals surface area contributed by atoms with Crippen LogP contribution in [-0.4, -0.2) is 17.6 Å². The highest BCUT2D eigenvalue weighted by Crippen LogP contribution is 2.26. The van der Waals surface area contributed by atoms with Crippen LogP contribution in [0, 0.1) is 5.82 Å². The molecule has 1 fully saturated rings. The number of halogens is 1. The Bertz CT molecular complexity index is 523. The molecule has 1 aliphatic rings. The van der Waals surface area contributed by atoms with Gasteiger partial charge in [-0.15, -0.1) is 11.3 Å². The molecular weight excluding hydrogens is 259 g/mol. The van der Waals surface area contributed by atoms with E-state index in [0.29, 0.717) is 6.04 Å². The van der Waals surface area contributed by atoms with Gasteiger partial charge < -0.3 is 5.32 Å². The molecule has 0 saturated heterocycles. The van der Waals surface area contributed by atoms with Crippen LogP contribution in [0.25, 0.3) is 0 Å². The van der Waals surface area contributed by atoms with Crippen molar-refractivity contribution in [2.75, 3.05) is 6.54 Å². The topological polar surface area (TPSA) is 24.9 Å². The number of aromatic nitrogens is 1. The molecule has 2 aromatic rings. The van der Waals surface area contributed by atoms with Crippen molar-refractivity contribution in [3.8, 4) is 0 Å². The first-order chi connectivity index (χ1) is 9.33. The highest BCUT2D eigenvalue weighted by Gasteiger charge is 2.24. The Kier molecular flexibility index (Phi) is 3.89. The van der Waals surface area contributed by atoms with Crippen molar-refractivity contribution in [2.24, 2.45) is 0 Å². The lowest BCUT2D eigenvalue weighted by atomic mass is 9.95. The summed E-state index contributed by atoms with van der Waals surface area (Å²) < 4.78 is 14.0. The van der Waals surface area contributed by atoms with E-state index in [1.54, 1.807) is 23.5 Å². The maximum Gasteiger partial charge on any atom is 0.126 e. The Morgan fingerprint density at radius 2 is 2.21 bits per heavy atom. The third-order valence-corrected chi connectivity index (χ3v) is 4.28. The standard InChI is InChI=1S/C15H17FN2S/c16-14-4-2-1-3-13(14)11(10-18-12-5-6-12)9-15-17-7-8-19-15/h1-4,7-8,11-12,18H,5-6,9-10H2. The van der Waals surface area contributed by atoms with Crippen molar-refractivity contribution < 1.29 is 4.39 Å².